The van der Waals surface area contributed by atoms with E-state index in [2.05, 4.69) is 5.32 Å². The van der Waals surface area contributed by atoms with Crippen molar-refractivity contribution in [3.63, 3.8) is 0 Å². The quantitative estimate of drug-likeness (QED) is 0.318. The predicted octanol–water partition coefficient (Wildman–Crippen LogP) is 1.51. The molecule has 0 aliphatic heterocycles. The van der Waals surface area contributed by atoms with E-state index in [1.807, 2.05) is 0 Å². The minimum Gasteiger partial charge on any atom is -0.504 e. The van der Waals surface area contributed by atoms with Gasteiger partial charge in [0.15, 0.2) is 11.5 Å². The molecule has 19 heavy (non-hydrogen) atoms. The second kappa shape index (κ2) is 4.77. The highest BCUT2D eigenvalue weighted by Gasteiger charge is 2.11. The summed E-state index contributed by atoms with van der Waals surface area (Å²) >= 11 is 0. The Morgan fingerprint density at radius 1 is 1.00 bits per heavy atom. The molecule has 98 valence electrons. The van der Waals surface area contributed by atoms with Gasteiger partial charge in [0.05, 0.1) is 5.56 Å². The molecule has 0 radical (unpaired) electrons. The van der Waals surface area contributed by atoms with Gasteiger partial charge in [-0.15, -0.1) is 0 Å². The number of carbonyl (C=O) groups is 1. The van der Waals surface area contributed by atoms with Gasteiger partial charge in [-0.05, 0) is 30.3 Å². The fourth-order valence-corrected chi connectivity index (χ4v) is 1.57. The molecule has 2 aromatic carbocycles. The molecule has 0 heterocycles. The average Bonchev–Trinajstić information content (AvgIpc) is 2.36. The van der Waals surface area contributed by atoms with E-state index in [0.29, 0.717) is 17.1 Å². The highest BCUT2D eigenvalue weighted by molar-refractivity contribution is 6.08. The molecule has 0 unspecified atom stereocenters. The molecule has 0 atom stereocenters. The minimum atomic E-state index is -0.449. The van der Waals surface area contributed by atoms with Crippen molar-refractivity contribution in [3.8, 4) is 11.5 Å². The van der Waals surface area contributed by atoms with Gasteiger partial charge in [-0.3, -0.25) is 4.79 Å². The van der Waals surface area contributed by atoms with Gasteiger partial charge in [-0.25, -0.2) is 0 Å². The summed E-state index contributed by atoms with van der Waals surface area (Å²) in [5, 5.41) is 21.1. The Hall–Kier alpha value is -2.89. The van der Waals surface area contributed by atoms with Gasteiger partial charge in [0, 0.05) is 23.1 Å². The number of carbonyl (C=O) groups excluding carboxylic acids is 1. The zero-order valence-corrected chi connectivity index (χ0v) is 9.92. The number of phenolic OH excluding ortho intramolecular Hbond substituents is 2. The summed E-state index contributed by atoms with van der Waals surface area (Å²) in [5.74, 6) is -1.03. The van der Waals surface area contributed by atoms with Crippen molar-refractivity contribution < 1.29 is 15.0 Å². The van der Waals surface area contributed by atoms with Gasteiger partial charge < -0.3 is 27.0 Å². The number of rotatable bonds is 2. The molecular formula is C13H13N3O3. The number of amides is 1. The summed E-state index contributed by atoms with van der Waals surface area (Å²) in [6.45, 7) is 0. The van der Waals surface area contributed by atoms with E-state index in [4.69, 9.17) is 11.5 Å². The van der Waals surface area contributed by atoms with Crippen molar-refractivity contribution in [2.45, 2.75) is 0 Å². The Morgan fingerprint density at radius 2 is 1.74 bits per heavy atom. The molecule has 0 aromatic heterocycles. The molecule has 0 aliphatic rings. The van der Waals surface area contributed by atoms with Gasteiger partial charge in [0.25, 0.3) is 5.91 Å². The molecule has 0 saturated heterocycles. The molecule has 2 aromatic rings. The van der Waals surface area contributed by atoms with E-state index in [-0.39, 0.29) is 17.1 Å². The molecule has 1 amide bonds. The first-order valence-electron chi connectivity index (χ1n) is 5.45. The largest absolute Gasteiger partial charge is 0.504 e. The summed E-state index contributed by atoms with van der Waals surface area (Å²) in [6.07, 6.45) is 0. The molecule has 2 rings (SSSR count). The van der Waals surface area contributed by atoms with Crippen LogP contribution < -0.4 is 16.8 Å². The fraction of sp³-hybridized carbons (Fsp3) is 0. The van der Waals surface area contributed by atoms with Crippen LogP contribution in [0.3, 0.4) is 0 Å². The smallest absolute Gasteiger partial charge is 0.257 e. The first-order chi connectivity index (χ1) is 8.97. The zero-order valence-electron chi connectivity index (χ0n) is 9.92. The number of anilines is 3. The summed E-state index contributed by atoms with van der Waals surface area (Å²) in [7, 11) is 0. The number of phenols is 2. The third-order valence-electron chi connectivity index (χ3n) is 2.56. The lowest BCUT2D eigenvalue weighted by Gasteiger charge is -2.09. The SMILES string of the molecule is Nc1ccc(N)c(C(=O)Nc2ccc(O)c(O)c2)c1. The summed E-state index contributed by atoms with van der Waals surface area (Å²) in [6, 6.07) is 8.56. The lowest BCUT2D eigenvalue weighted by atomic mass is 10.1. The van der Waals surface area contributed by atoms with Gasteiger partial charge in [0.2, 0.25) is 0 Å². The number of hydrogen-bond acceptors (Lipinski definition) is 5. The number of nitrogens with one attached hydrogen (secondary N) is 1. The fourth-order valence-electron chi connectivity index (χ4n) is 1.57. The summed E-state index contributed by atoms with van der Waals surface area (Å²) < 4.78 is 0. The van der Waals surface area contributed by atoms with Crippen LogP contribution in [-0.2, 0) is 0 Å². The molecule has 0 fully saturated rings. The van der Waals surface area contributed by atoms with Gasteiger partial charge in [0.1, 0.15) is 0 Å². The lowest BCUT2D eigenvalue weighted by molar-refractivity contribution is 0.102. The monoisotopic (exact) mass is 259 g/mol. The highest BCUT2D eigenvalue weighted by atomic mass is 16.3. The number of benzene rings is 2. The highest BCUT2D eigenvalue weighted by Crippen LogP contribution is 2.28. The van der Waals surface area contributed by atoms with Gasteiger partial charge in [-0.2, -0.15) is 0 Å². The van der Waals surface area contributed by atoms with Crippen molar-refractivity contribution in [2.24, 2.45) is 0 Å². The van der Waals surface area contributed by atoms with Crippen molar-refractivity contribution in [1.29, 1.82) is 0 Å². The van der Waals surface area contributed by atoms with Crippen molar-refractivity contribution >= 4 is 23.0 Å². The number of hydrogen-bond donors (Lipinski definition) is 5. The zero-order chi connectivity index (χ0) is 14.0. The number of nitrogens with two attached hydrogens (primary N) is 2. The maximum Gasteiger partial charge on any atom is 0.257 e. The third kappa shape index (κ3) is 2.68. The Labute approximate surface area is 109 Å². The van der Waals surface area contributed by atoms with Gasteiger partial charge >= 0.3 is 0 Å². The Bertz CT molecular complexity index is 641. The Balaban J connectivity index is 2.25. The van der Waals surface area contributed by atoms with E-state index in [1.54, 1.807) is 12.1 Å². The van der Waals surface area contributed by atoms with Crippen LogP contribution in [0.15, 0.2) is 36.4 Å². The minimum absolute atomic E-state index is 0.243. The van der Waals surface area contributed by atoms with E-state index in [0.717, 1.165) is 0 Å². The lowest BCUT2D eigenvalue weighted by Crippen LogP contribution is -2.14. The second-order valence-electron chi connectivity index (χ2n) is 4.00. The van der Waals surface area contributed by atoms with Gasteiger partial charge in [-0.1, -0.05) is 0 Å². The van der Waals surface area contributed by atoms with Crippen molar-refractivity contribution in [2.75, 3.05) is 16.8 Å². The molecule has 7 N–H and O–H groups in total. The molecule has 0 bridgehead atoms. The van der Waals surface area contributed by atoms with Crippen LogP contribution in [0.4, 0.5) is 17.1 Å². The van der Waals surface area contributed by atoms with E-state index in [1.165, 1.54) is 24.3 Å². The first kappa shape index (κ1) is 12.6. The Morgan fingerprint density at radius 3 is 2.42 bits per heavy atom. The van der Waals surface area contributed by atoms with E-state index < -0.39 is 5.91 Å². The van der Waals surface area contributed by atoms with Crippen LogP contribution in [0.25, 0.3) is 0 Å². The maximum atomic E-state index is 12.0. The number of nitrogen functional groups attached to an aromatic ring is 2. The first-order valence-corrected chi connectivity index (χ1v) is 5.45. The summed E-state index contributed by atoms with van der Waals surface area (Å²) in [5.41, 5.74) is 12.6. The maximum absolute atomic E-state index is 12.0. The van der Waals surface area contributed by atoms with Crippen molar-refractivity contribution in [3.05, 3.63) is 42.0 Å². The van der Waals surface area contributed by atoms with Crippen LogP contribution in [-0.4, -0.2) is 16.1 Å². The third-order valence-corrected chi connectivity index (χ3v) is 2.56. The topological polar surface area (TPSA) is 122 Å². The molecule has 0 spiro atoms. The second-order valence-corrected chi connectivity index (χ2v) is 4.00. The summed E-state index contributed by atoms with van der Waals surface area (Å²) in [4.78, 5) is 12.0. The molecule has 6 nitrogen and oxygen atoms in total. The van der Waals surface area contributed by atoms with Crippen LogP contribution in [0.5, 0.6) is 11.5 Å². The van der Waals surface area contributed by atoms with E-state index in [9.17, 15) is 15.0 Å². The predicted molar refractivity (Wildman–Crippen MR) is 73.0 cm³/mol. The van der Waals surface area contributed by atoms with Crippen LogP contribution in [0, 0.1) is 0 Å². The normalized spacial score (nSPS) is 10.1. The standard InChI is InChI=1S/C13H13N3O3/c14-7-1-3-10(15)9(5-7)13(19)16-8-2-4-11(17)12(18)6-8/h1-6,17-18H,14-15H2,(H,16,19). The van der Waals surface area contributed by atoms with Crippen molar-refractivity contribution in [1.82, 2.24) is 0 Å². The van der Waals surface area contributed by atoms with Crippen LogP contribution >= 0.6 is 0 Å². The van der Waals surface area contributed by atoms with Crippen LogP contribution in [0.2, 0.25) is 0 Å². The van der Waals surface area contributed by atoms with E-state index >= 15 is 0 Å². The number of aromatic hydroxyl groups is 2. The molecule has 0 saturated carbocycles. The molecule has 0 aliphatic carbocycles. The molecule has 6 heteroatoms. The van der Waals surface area contributed by atoms with Crippen LogP contribution in [0.1, 0.15) is 10.4 Å². The Kier molecular flexibility index (Phi) is 3.15. The average molecular weight is 259 g/mol. The molecular weight excluding hydrogens is 246 g/mol.